The third kappa shape index (κ3) is 7.00. The van der Waals surface area contributed by atoms with Crippen molar-refractivity contribution in [2.45, 2.75) is 76.3 Å². The van der Waals surface area contributed by atoms with Gasteiger partial charge in [0.15, 0.2) is 0 Å². The van der Waals surface area contributed by atoms with Crippen LogP contribution in [0, 0.1) is 11.7 Å². The summed E-state index contributed by atoms with van der Waals surface area (Å²) in [6.45, 7) is 6.06. The largest absolute Gasteiger partial charge is 0.354 e. The second kappa shape index (κ2) is 12.5. The first kappa shape index (κ1) is 30.2. The Kier molecular flexibility index (Phi) is 8.98. The second-order valence-corrected chi connectivity index (χ2v) is 14.4. The topological polar surface area (TPSA) is 117 Å². The molecule has 0 radical (unpaired) electrons. The van der Waals surface area contributed by atoms with Crippen LogP contribution in [0.2, 0.25) is 0 Å². The molecule has 3 aromatic rings. The Morgan fingerprint density at radius 2 is 1.69 bits per heavy atom. The van der Waals surface area contributed by atoms with Crippen molar-refractivity contribution in [1.82, 2.24) is 19.8 Å². The van der Waals surface area contributed by atoms with Gasteiger partial charge < -0.3 is 14.9 Å². The van der Waals surface area contributed by atoms with Gasteiger partial charge in [0.1, 0.15) is 15.7 Å². The number of carbonyl (C=O) groups excluding carboxylic acids is 2. The van der Waals surface area contributed by atoms with Gasteiger partial charge in [0.2, 0.25) is 11.5 Å². The first-order chi connectivity index (χ1) is 20.0. The van der Waals surface area contributed by atoms with Crippen LogP contribution in [0.15, 0.2) is 47.5 Å². The number of nitrogens with one attached hydrogen (secondary N) is 2. The van der Waals surface area contributed by atoms with Gasteiger partial charge in [0.05, 0.1) is 16.3 Å². The average Bonchev–Trinajstić information content (AvgIpc) is 3.30. The lowest BCUT2D eigenvalue weighted by Crippen LogP contribution is -2.38. The van der Waals surface area contributed by atoms with E-state index in [4.69, 9.17) is 0 Å². The van der Waals surface area contributed by atoms with Crippen LogP contribution in [-0.4, -0.2) is 65.3 Å². The van der Waals surface area contributed by atoms with Gasteiger partial charge in [-0.05, 0) is 107 Å². The highest BCUT2D eigenvalue weighted by molar-refractivity contribution is 7.91. The Morgan fingerprint density at radius 3 is 2.31 bits per heavy atom. The van der Waals surface area contributed by atoms with Crippen LogP contribution < -0.4 is 10.9 Å². The summed E-state index contributed by atoms with van der Waals surface area (Å²) in [5.74, 6) is -0.834. The molecule has 2 N–H and O–H groups in total. The summed E-state index contributed by atoms with van der Waals surface area (Å²) in [5.41, 5.74) is 3.60. The van der Waals surface area contributed by atoms with E-state index in [0.29, 0.717) is 30.6 Å². The lowest BCUT2D eigenvalue weighted by molar-refractivity contribution is -0.126. The van der Waals surface area contributed by atoms with E-state index in [2.05, 4.69) is 30.8 Å². The fraction of sp³-hybridized carbons (Fsp3) is 0.516. The number of benzene rings is 2. The minimum absolute atomic E-state index is 0.0406. The maximum absolute atomic E-state index is 13.4. The van der Waals surface area contributed by atoms with Crippen molar-refractivity contribution in [2.75, 3.05) is 19.3 Å². The average molecular weight is 598 g/mol. The zero-order valence-electron chi connectivity index (χ0n) is 24.5. The normalized spacial score (nSPS) is 21.2. The number of amides is 2. The SMILES string of the molecule is CC(C)NC(=O)[C@H]1CC[C@@H](n2/c(=N/C(=O)c3ccc(F)cc3)[nH]c3ccc(CN4CCC(S(C)(=O)=O)CC4)cc32)CC1. The molecule has 1 aliphatic carbocycles. The molecule has 1 aliphatic heterocycles. The Labute approximate surface area is 246 Å². The fourth-order valence-corrected chi connectivity index (χ4v) is 7.30. The number of carbonyl (C=O) groups is 2. The van der Waals surface area contributed by atoms with Gasteiger partial charge >= 0.3 is 0 Å². The van der Waals surface area contributed by atoms with Gasteiger partial charge in [-0.3, -0.25) is 14.5 Å². The molecule has 2 heterocycles. The Balaban J connectivity index is 1.44. The Morgan fingerprint density at radius 1 is 1.02 bits per heavy atom. The van der Waals surface area contributed by atoms with Crippen LogP contribution in [-0.2, 0) is 21.2 Å². The quantitative estimate of drug-likeness (QED) is 0.425. The first-order valence-electron chi connectivity index (χ1n) is 14.8. The molecule has 2 fully saturated rings. The molecule has 226 valence electrons. The van der Waals surface area contributed by atoms with E-state index < -0.39 is 21.6 Å². The molecular formula is C31H40FN5O4S. The predicted molar refractivity (Wildman–Crippen MR) is 160 cm³/mol. The first-order valence-corrected chi connectivity index (χ1v) is 16.7. The molecule has 1 saturated heterocycles. The Bertz CT molecular complexity index is 1610. The van der Waals surface area contributed by atoms with Crippen LogP contribution in [0.5, 0.6) is 0 Å². The minimum Gasteiger partial charge on any atom is -0.354 e. The maximum atomic E-state index is 13.4. The number of fused-ring (bicyclic) bond motifs is 1. The number of piperidine rings is 1. The number of aromatic nitrogens is 2. The van der Waals surface area contributed by atoms with Crippen LogP contribution in [0.25, 0.3) is 11.0 Å². The van der Waals surface area contributed by atoms with E-state index in [1.54, 1.807) is 0 Å². The molecule has 11 heteroatoms. The molecule has 2 aliphatic rings. The van der Waals surface area contributed by atoms with Crippen molar-refractivity contribution in [3.63, 3.8) is 0 Å². The lowest BCUT2D eigenvalue weighted by Gasteiger charge is -2.31. The Hall–Kier alpha value is -3.31. The summed E-state index contributed by atoms with van der Waals surface area (Å²) in [6.07, 6.45) is 5.60. The number of aromatic amines is 1. The number of imidazole rings is 1. The molecule has 2 amide bonds. The van der Waals surface area contributed by atoms with Crippen molar-refractivity contribution >= 4 is 32.7 Å². The van der Waals surface area contributed by atoms with Gasteiger partial charge in [-0.25, -0.2) is 12.8 Å². The fourth-order valence-electron chi connectivity index (χ4n) is 6.23. The van der Waals surface area contributed by atoms with Crippen molar-refractivity contribution in [1.29, 1.82) is 0 Å². The summed E-state index contributed by atoms with van der Waals surface area (Å²) >= 11 is 0. The number of H-pyrrole nitrogens is 1. The van der Waals surface area contributed by atoms with Crippen LogP contribution in [0.1, 0.15) is 74.3 Å². The van der Waals surface area contributed by atoms with Crippen molar-refractivity contribution < 1.29 is 22.4 Å². The third-order valence-electron chi connectivity index (χ3n) is 8.50. The highest BCUT2D eigenvalue weighted by Crippen LogP contribution is 2.34. The number of nitrogens with zero attached hydrogens (tertiary/aromatic N) is 3. The molecule has 5 rings (SSSR count). The number of likely N-dealkylation sites (tertiary alicyclic amines) is 1. The zero-order chi connectivity index (χ0) is 30.0. The summed E-state index contributed by atoms with van der Waals surface area (Å²) in [7, 11) is -3.03. The molecule has 9 nitrogen and oxygen atoms in total. The number of halogens is 1. The van der Waals surface area contributed by atoms with Crippen molar-refractivity contribution in [3.05, 3.63) is 65.0 Å². The molecule has 1 aromatic heterocycles. The second-order valence-electron chi connectivity index (χ2n) is 12.1. The molecule has 0 atom stereocenters. The van der Waals surface area contributed by atoms with Gasteiger partial charge in [-0.1, -0.05) is 6.07 Å². The third-order valence-corrected chi connectivity index (χ3v) is 10.2. The molecule has 0 bridgehead atoms. The maximum Gasteiger partial charge on any atom is 0.280 e. The minimum atomic E-state index is -3.03. The van der Waals surface area contributed by atoms with E-state index in [1.807, 2.05) is 26.0 Å². The van der Waals surface area contributed by atoms with Crippen LogP contribution in [0.3, 0.4) is 0 Å². The number of hydrogen-bond acceptors (Lipinski definition) is 5. The molecule has 0 unspecified atom stereocenters. The molecule has 42 heavy (non-hydrogen) atoms. The number of rotatable bonds is 7. The lowest BCUT2D eigenvalue weighted by atomic mass is 9.85. The number of sulfone groups is 1. The molecular weight excluding hydrogens is 557 g/mol. The van der Waals surface area contributed by atoms with Gasteiger partial charge in [0.25, 0.3) is 5.91 Å². The standard InChI is InChI=1S/C31H40FN5O4S/c1-20(2)33-29(38)23-7-11-25(12-8-23)37-28-18-21(19-36-16-14-26(15-17-36)42(3,40)41)4-13-27(28)34-31(37)35-30(39)22-5-9-24(32)10-6-22/h4-6,9-10,13,18,20,23,25-26H,7-8,11-12,14-17,19H2,1-3H3,(H,33,38)(H,34,35,39)/t23-,25+. The van der Waals surface area contributed by atoms with E-state index in [1.165, 1.54) is 30.5 Å². The zero-order valence-corrected chi connectivity index (χ0v) is 25.3. The van der Waals surface area contributed by atoms with E-state index >= 15 is 0 Å². The van der Waals surface area contributed by atoms with Gasteiger partial charge in [-0.2, -0.15) is 4.99 Å². The molecule has 2 aromatic carbocycles. The van der Waals surface area contributed by atoms with E-state index in [9.17, 15) is 22.4 Å². The predicted octanol–water partition coefficient (Wildman–Crippen LogP) is 4.11. The van der Waals surface area contributed by atoms with Gasteiger partial charge in [-0.15, -0.1) is 0 Å². The summed E-state index contributed by atoms with van der Waals surface area (Å²) in [5, 5.41) is 2.75. The monoisotopic (exact) mass is 597 g/mol. The highest BCUT2D eigenvalue weighted by atomic mass is 32.2. The van der Waals surface area contributed by atoms with Crippen LogP contribution in [0.4, 0.5) is 4.39 Å². The highest BCUT2D eigenvalue weighted by Gasteiger charge is 2.30. The number of hydrogen-bond donors (Lipinski definition) is 2. The summed E-state index contributed by atoms with van der Waals surface area (Å²) in [4.78, 5) is 35.8. The van der Waals surface area contributed by atoms with Gasteiger partial charge in [0, 0.05) is 36.4 Å². The summed E-state index contributed by atoms with van der Waals surface area (Å²) < 4.78 is 39.5. The molecule has 1 saturated carbocycles. The van der Waals surface area contributed by atoms with Crippen molar-refractivity contribution in [2.24, 2.45) is 10.9 Å². The van der Waals surface area contributed by atoms with Crippen molar-refractivity contribution in [3.8, 4) is 0 Å². The van der Waals surface area contributed by atoms with E-state index in [0.717, 1.165) is 55.4 Å². The smallest absolute Gasteiger partial charge is 0.280 e. The molecule has 0 spiro atoms. The van der Waals surface area contributed by atoms with E-state index in [-0.39, 0.29) is 29.2 Å². The van der Waals surface area contributed by atoms with Crippen LogP contribution >= 0.6 is 0 Å². The summed E-state index contributed by atoms with van der Waals surface area (Å²) in [6, 6.07) is 11.6.